The monoisotopic (exact) mass is 603 g/mol. The number of para-hydroxylation sites is 1. The molecule has 0 fully saturated rings. The number of aromatic amines is 1. The summed E-state index contributed by atoms with van der Waals surface area (Å²) in [6, 6.07) is 17.5. The summed E-state index contributed by atoms with van der Waals surface area (Å²) < 4.78 is 11.3. The maximum atomic E-state index is 14.0. The summed E-state index contributed by atoms with van der Waals surface area (Å²) in [7, 11) is -1.23. The molecule has 4 rings (SSSR count). The molecule has 1 aliphatic heterocycles. The van der Waals surface area contributed by atoms with Gasteiger partial charge in [-0.05, 0) is 17.7 Å². The molecule has 3 aromatic rings. The van der Waals surface area contributed by atoms with Crippen molar-refractivity contribution < 1.29 is 23.9 Å². The lowest BCUT2D eigenvalue weighted by Gasteiger charge is -2.27. The van der Waals surface area contributed by atoms with Gasteiger partial charge in [0.1, 0.15) is 24.7 Å². The molecule has 228 valence electrons. The fourth-order valence-electron chi connectivity index (χ4n) is 4.25. The highest BCUT2D eigenvalue weighted by Crippen LogP contribution is 2.29. The number of aliphatic imine (C=N–C) groups is 1. The number of rotatable bonds is 11. The first-order valence-electron chi connectivity index (χ1n) is 14.4. The lowest BCUT2D eigenvalue weighted by Crippen LogP contribution is -2.50. The van der Waals surface area contributed by atoms with Crippen molar-refractivity contribution in [3.05, 3.63) is 83.4 Å². The molecule has 0 spiro atoms. The minimum atomic E-state index is -1.36. The third-order valence-electron chi connectivity index (χ3n) is 6.92. The summed E-state index contributed by atoms with van der Waals surface area (Å²) in [5.74, 6) is -0.0722. The van der Waals surface area contributed by atoms with Gasteiger partial charge in [0.2, 0.25) is 6.17 Å². The van der Waals surface area contributed by atoms with E-state index in [1.807, 2.05) is 42.5 Å². The van der Waals surface area contributed by atoms with Crippen LogP contribution < -0.4 is 10.2 Å². The van der Waals surface area contributed by atoms with Crippen LogP contribution in [0.3, 0.4) is 0 Å². The molecule has 1 aromatic heterocycles. The Hall–Kier alpha value is -4.09. The number of imidazole rings is 1. The SMILES string of the molecule is CC(C)(C)C(=O)CN1C(=O)C(NC(=O)OCc2ccccc2)N=C(c2c[nH]c(COCC[Si](C)(C)C)n2)c2ccccc21. The van der Waals surface area contributed by atoms with Crippen LogP contribution in [0.15, 0.2) is 65.8 Å². The second kappa shape index (κ2) is 13.5. The first-order valence-corrected chi connectivity index (χ1v) is 18.1. The summed E-state index contributed by atoms with van der Waals surface area (Å²) >= 11 is 0. The molecule has 2 heterocycles. The number of Topliss-reactive ketones (excluding diaryl/α,β-unsaturated/α-hetero) is 1. The normalized spacial score (nSPS) is 15.4. The lowest BCUT2D eigenvalue weighted by molar-refractivity contribution is -0.127. The van der Waals surface area contributed by atoms with Crippen LogP contribution in [0.4, 0.5) is 10.5 Å². The van der Waals surface area contributed by atoms with E-state index in [0.717, 1.165) is 11.6 Å². The molecule has 2 N–H and O–H groups in total. The number of alkyl carbamates (subject to hydrolysis) is 1. The largest absolute Gasteiger partial charge is 0.445 e. The van der Waals surface area contributed by atoms with Crippen molar-refractivity contribution in [2.75, 3.05) is 18.1 Å². The van der Waals surface area contributed by atoms with Crippen molar-refractivity contribution in [2.45, 2.75) is 65.8 Å². The average molecular weight is 604 g/mol. The lowest BCUT2D eigenvalue weighted by atomic mass is 9.90. The molecule has 43 heavy (non-hydrogen) atoms. The fourth-order valence-corrected chi connectivity index (χ4v) is 5.01. The van der Waals surface area contributed by atoms with Gasteiger partial charge >= 0.3 is 6.09 Å². The molecule has 10 nitrogen and oxygen atoms in total. The van der Waals surface area contributed by atoms with E-state index in [2.05, 4.69) is 29.9 Å². The van der Waals surface area contributed by atoms with Gasteiger partial charge in [0.25, 0.3) is 5.91 Å². The van der Waals surface area contributed by atoms with Crippen LogP contribution >= 0.6 is 0 Å². The van der Waals surface area contributed by atoms with E-state index in [9.17, 15) is 14.4 Å². The van der Waals surface area contributed by atoms with Gasteiger partial charge in [0, 0.05) is 31.9 Å². The van der Waals surface area contributed by atoms with Crippen molar-refractivity contribution >= 4 is 37.3 Å². The van der Waals surface area contributed by atoms with Crippen molar-refractivity contribution in [2.24, 2.45) is 10.4 Å². The topological polar surface area (TPSA) is 126 Å². The van der Waals surface area contributed by atoms with Crippen molar-refractivity contribution in [1.29, 1.82) is 0 Å². The van der Waals surface area contributed by atoms with Gasteiger partial charge in [0.15, 0.2) is 5.78 Å². The zero-order valence-electron chi connectivity index (χ0n) is 25.8. The van der Waals surface area contributed by atoms with Gasteiger partial charge in [-0.3, -0.25) is 14.9 Å². The smallest absolute Gasteiger partial charge is 0.409 e. The maximum Gasteiger partial charge on any atom is 0.409 e. The number of nitrogens with one attached hydrogen (secondary N) is 2. The Morgan fingerprint density at radius 1 is 1.02 bits per heavy atom. The molecule has 0 saturated carbocycles. The van der Waals surface area contributed by atoms with E-state index in [-0.39, 0.29) is 18.9 Å². The highest BCUT2D eigenvalue weighted by molar-refractivity contribution is 6.76. The van der Waals surface area contributed by atoms with E-state index in [0.29, 0.717) is 41.7 Å². The van der Waals surface area contributed by atoms with E-state index in [4.69, 9.17) is 19.5 Å². The van der Waals surface area contributed by atoms with E-state index in [1.165, 1.54) is 4.90 Å². The third kappa shape index (κ3) is 8.71. The highest BCUT2D eigenvalue weighted by atomic mass is 28.3. The average Bonchev–Trinajstić information content (AvgIpc) is 3.39. The number of nitrogens with zero attached hydrogens (tertiary/aromatic N) is 3. The summed E-state index contributed by atoms with van der Waals surface area (Å²) in [4.78, 5) is 54.0. The Balaban J connectivity index is 1.65. The predicted octanol–water partition coefficient (Wildman–Crippen LogP) is 5.32. The van der Waals surface area contributed by atoms with Gasteiger partial charge < -0.3 is 19.4 Å². The maximum absolute atomic E-state index is 14.0. The number of anilines is 1. The molecule has 2 aromatic carbocycles. The zero-order valence-corrected chi connectivity index (χ0v) is 26.8. The molecule has 0 bridgehead atoms. The second-order valence-corrected chi connectivity index (χ2v) is 18.4. The molecule has 1 atom stereocenters. The van der Waals surface area contributed by atoms with Gasteiger partial charge in [-0.25, -0.2) is 14.8 Å². The minimum Gasteiger partial charge on any atom is -0.445 e. The molecule has 0 aliphatic carbocycles. The summed E-state index contributed by atoms with van der Waals surface area (Å²) in [6.07, 6.45) is -0.457. The predicted molar refractivity (Wildman–Crippen MR) is 169 cm³/mol. The number of amides is 2. The van der Waals surface area contributed by atoms with Crippen LogP contribution in [0.1, 0.15) is 43.4 Å². The Morgan fingerprint density at radius 2 is 1.72 bits per heavy atom. The van der Waals surface area contributed by atoms with Crippen LogP contribution in [0.2, 0.25) is 25.7 Å². The molecule has 1 unspecified atom stereocenters. The molecule has 0 radical (unpaired) electrons. The van der Waals surface area contributed by atoms with Gasteiger partial charge in [0.05, 0.1) is 17.9 Å². The van der Waals surface area contributed by atoms with E-state index in [1.54, 1.807) is 39.1 Å². The number of hydrogen-bond donors (Lipinski definition) is 2. The second-order valence-electron chi connectivity index (χ2n) is 12.8. The molecule has 2 amide bonds. The standard InChI is InChI=1S/C32H41N5O5Si/c1-32(2,3)26(38)19-37-25-15-11-10-14-23(25)28(24-18-33-27(34-24)21-41-16-17-43(4,5)6)35-29(30(37)39)36-31(40)42-20-22-12-8-7-9-13-22/h7-15,18,29H,16-17,19-21H2,1-6H3,(H,33,34)(H,36,40). The van der Waals surface area contributed by atoms with E-state index < -0.39 is 31.7 Å². The molecular weight excluding hydrogens is 562 g/mol. The van der Waals surface area contributed by atoms with Crippen molar-refractivity contribution in [3.8, 4) is 0 Å². The van der Waals surface area contributed by atoms with Crippen LogP contribution in [-0.4, -0.2) is 60.9 Å². The summed E-state index contributed by atoms with van der Waals surface area (Å²) in [6.45, 7) is 13.1. The Kier molecular flexibility index (Phi) is 9.97. The van der Waals surface area contributed by atoms with Crippen LogP contribution in [0.25, 0.3) is 0 Å². The number of benzene rings is 2. The zero-order chi connectivity index (χ0) is 31.2. The van der Waals surface area contributed by atoms with Gasteiger partial charge in [-0.2, -0.15) is 0 Å². The van der Waals surface area contributed by atoms with Gasteiger partial charge in [-0.15, -0.1) is 0 Å². The molecular formula is C32H41N5O5Si. The third-order valence-corrected chi connectivity index (χ3v) is 8.63. The Bertz CT molecular complexity index is 1470. The fraction of sp³-hybridized carbons (Fsp3) is 0.406. The number of ketones is 1. The number of carbonyl (C=O) groups is 3. The number of aromatic nitrogens is 2. The van der Waals surface area contributed by atoms with Crippen molar-refractivity contribution in [3.63, 3.8) is 0 Å². The number of ether oxygens (including phenoxy) is 2. The summed E-state index contributed by atoms with van der Waals surface area (Å²) in [5.41, 5.74) is 2.11. The molecule has 11 heteroatoms. The Morgan fingerprint density at radius 3 is 2.42 bits per heavy atom. The minimum absolute atomic E-state index is 0.0248. The first-order chi connectivity index (χ1) is 20.3. The number of carbonyl (C=O) groups excluding carboxylic acids is 3. The quantitative estimate of drug-likeness (QED) is 0.226. The summed E-state index contributed by atoms with van der Waals surface area (Å²) in [5, 5.41) is 2.61. The number of hydrogen-bond acceptors (Lipinski definition) is 7. The number of fused-ring (bicyclic) bond motifs is 1. The molecule has 1 aliphatic rings. The van der Waals surface area contributed by atoms with Crippen LogP contribution in [0, 0.1) is 5.41 Å². The highest BCUT2D eigenvalue weighted by Gasteiger charge is 2.36. The molecule has 0 saturated heterocycles. The van der Waals surface area contributed by atoms with Crippen LogP contribution in [0.5, 0.6) is 0 Å². The van der Waals surface area contributed by atoms with E-state index >= 15 is 0 Å². The number of benzodiazepines with no additional fused rings is 1. The number of H-pyrrole nitrogens is 1. The first kappa shape index (κ1) is 31.8. The van der Waals surface area contributed by atoms with Crippen molar-refractivity contribution in [1.82, 2.24) is 15.3 Å². The van der Waals surface area contributed by atoms with Gasteiger partial charge in [-0.1, -0.05) is 88.9 Å². The Labute approximate surface area is 253 Å². The van der Waals surface area contributed by atoms with Crippen LogP contribution in [-0.2, 0) is 32.3 Å².